The van der Waals surface area contributed by atoms with Gasteiger partial charge in [0.2, 0.25) is 0 Å². The Balaban J connectivity index is 1.42. The summed E-state index contributed by atoms with van der Waals surface area (Å²) in [6.45, 7) is 5.40. The molecule has 1 N–H and O–H groups in total. The topological polar surface area (TPSA) is 57.2 Å². The second-order valence-electron chi connectivity index (χ2n) is 8.86. The second kappa shape index (κ2) is 12.2. The van der Waals surface area contributed by atoms with Crippen LogP contribution in [0.15, 0.2) is 71.7 Å². The van der Waals surface area contributed by atoms with Crippen LogP contribution in [-0.2, 0) is 32.2 Å². The summed E-state index contributed by atoms with van der Waals surface area (Å²) in [5.41, 5.74) is 2.25. The monoisotopic (exact) mass is 516 g/mol. The number of halogens is 1. The van der Waals surface area contributed by atoms with Gasteiger partial charge < -0.3 is 24.1 Å². The molecule has 33 heavy (non-hydrogen) atoms. The van der Waals surface area contributed by atoms with Crippen LogP contribution in [0.1, 0.15) is 36.8 Å². The van der Waals surface area contributed by atoms with Crippen LogP contribution in [0, 0.1) is 0 Å². The molecule has 0 saturated carbocycles. The Kier molecular flexibility index (Phi) is 9.12. The van der Waals surface area contributed by atoms with Crippen molar-refractivity contribution in [2.24, 2.45) is 0 Å². The molecule has 6 heteroatoms. The SMILES string of the molecule is C=C(Br)C[C@H]1O[C@H]2C[C@H](OCc3ccccc3)[C@H](COCc3ccccc3)O[C@@H]2CC[C@@H]1O. The Bertz CT molecular complexity index is 861. The highest BCUT2D eigenvalue weighted by Crippen LogP contribution is 2.34. The Morgan fingerprint density at radius 1 is 0.909 bits per heavy atom. The van der Waals surface area contributed by atoms with Crippen molar-refractivity contribution < 1.29 is 24.1 Å². The molecule has 6 atom stereocenters. The van der Waals surface area contributed by atoms with Crippen LogP contribution >= 0.6 is 15.9 Å². The molecule has 178 valence electrons. The van der Waals surface area contributed by atoms with Crippen LogP contribution in [-0.4, -0.2) is 48.3 Å². The number of hydrogen-bond acceptors (Lipinski definition) is 5. The van der Waals surface area contributed by atoms with Gasteiger partial charge in [-0.15, -0.1) is 0 Å². The molecule has 2 aliphatic heterocycles. The summed E-state index contributed by atoms with van der Waals surface area (Å²) in [6, 6.07) is 20.3. The van der Waals surface area contributed by atoms with Crippen LogP contribution < -0.4 is 0 Å². The zero-order valence-electron chi connectivity index (χ0n) is 18.9. The average molecular weight is 517 g/mol. The van der Waals surface area contributed by atoms with Crippen LogP contribution in [0.25, 0.3) is 0 Å². The van der Waals surface area contributed by atoms with Gasteiger partial charge in [-0.1, -0.05) is 83.2 Å². The number of rotatable bonds is 9. The van der Waals surface area contributed by atoms with Crippen LogP contribution in [0.3, 0.4) is 0 Å². The van der Waals surface area contributed by atoms with E-state index in [0.717, 1.165) is 22.0 Å². The molecule has 0 amide bonds. The smallest absolute Gasteiger partial charge is 0.108 e. The molecule has 5 nitrogen and oxygen atoms in total. The highest BCUT2D eigenvalue weighted by atomic mass is 79.9. The lowest BCUT2D eigenvalue weighted by molar-refractivity contribution is -0.219. The fourth-order valence-electron chi connectivity index (χ4n) is 4.53. The molecule has 0 bridgehead atoms. The standard InChI is InChI=1S/C27H33BrO5/c1-19(28)14-24-22(29)12-13-23-26(33-24)15-25(31-17-21-10-6-3-7-11-21)27(32-23)18-30-16-20-8-4-2-5-9-20/h2-11,22-27,29H,1,12-18H2/t22-,23+,24+,25-,26-,27-/m0/s1. The van der Waals surface area contributed by atoms with E-state index in [0.29, 0.717) is 39.1 Å². The average Bonchev–Trinajstić information content (AvgIpc) is 2.97. The molecular formula is C27H33BrO5. The number of aliphatic hydroxyl groups is 1. The molecule has 2 saturated heterocycles. The van der Waals surface area contributed by atoms with Crippen molar-refractivity contribution in [2.75, 3.05) is 6.61 Å². The number of fused-ring (bicyclic) bond motifs is 1. The maximum Gasteiger partial charge on any atom is 0.108 e. The van der Waals surface area contributed by atoms with Gasteiger partial charge in [0.25, 0.3) is 0 Å². The van der Waals surface area contributed by atoms with E-state index in [4.69, 9.17) is 18.9 Å². The third-order valence-electron chi connectivity index (χ3n) is 6.29. The predicted octanol–water partition coefficient (Wildman–Crippen LogP) is 5.15. The summed E-state index contributed by atoms with van der Waals surface area (Å²) >= 11 is 3.41. The van der Waals surface area contributed by atoms with Crippen LogP contribution in [0.4, 0.5) is 0 Å². The van der Waals surface area contributed by atoms with Crippen molar-refractivity contribution in [3.05, 3.63) is 82.9 Å². The first-order chi connectivity index (χ1) is 16.1. The van der Waals surface area contributed by atoms with Crippen LogP contribution in [0.5, 0.6) is 0 Å². The molecule has 0 radical (unpaired) electrons. The van der Waals surface area contributed by atoms with Crippen molar-refractivity contribution in [1.82, 2.24) is 0 Å². The molecule has 0 aromatic heterocycles. The summed E-state index contributed by atoms with van der Waals surface area (Å²) in [5, 5.41) is 10.6. The van der Waals surface area contributed by atoms with Gasteiger partial charge in [0, 0.05) is 12.8 Å². The highest BCUT2D eigenvalue weighted by molar-refractivity contribution is 9.11. The number of hydrogen-bond donors (Lipinski definition) is 1. The Morgan fingerprint density at radius 3 is 2.21 bits per heavy atom. The molecule has 2 aromatic carbocycles. The van der Waals surface area contributed by atoms with Gasteiger partial charge in [-0.3, -0.25) is 0 Å². The third kappa shape index (κ3) is 7.22. The first-order valence-electron chi connectivity index (χ1n) is 11.7. The van der Waals surface area contributed by atoms with Gasteiger partial charge in [-0.2, -0.15) is 0 Å². The summed E-state index contributed by atoms with van der Waals surface area (Å²) in [6.07, 6.45) is 1.25. The van der Waals surface area contributed by atoms with Gasteiger partial charge >= 0.3 is 0 Å². The van der Waals surface area contributed by atoms with E-state index in [2.05, 4.69) is 46.8 Å². The summed E-state index contributed by atoms with van der Waals surface area (Å²) in [4.78, 5) is 0. The van der Waals surface area contributed by atoms with E-state index >= 15 is 0 Å². The molecule has 0 aliphatic carbocycles. The van der Waals surface area contributed by atoms with Crippen molar-refractivity contribution in [2.45, 2.75) is 75.5 Å². The van der Waals surface area contributed by atoms with Gasteiger partial charge in [0.15, 0.2) is 0 Å². The second-order valence-corrected chi connectivity index (χ2v) is 9.99. The molecule has 4 rings (SSSR count). The van der Waals surface area contributed by atoms with Gasteiger partial charge in [-0.25, -0.2) is 0 Å². The van der Waals surface area contributed by atoms with Gasteiger partial charge in [0.1, 0.15) is 6.10 Å². The van der Waals surface area contributed by atoms with E-state index in [1.807, 2.05) is 36.4 Å². The van der Waals surface area contributed by atoms with Crippen LogP contribution in [0.2, 0.25) is 0 Å². The zero-order chi connectivity index (χ0) is 23.0. The third-order valence-corrected chi connectivity index (χ3v) is 6.62. The minimum Gasteiger partial charge on any atom is -0.390 e. The Labute approximate surface area is 204 Å². The van der Waals surface area contributed by atoms with E-state index in [1.165, 1.54) is 0 Å². The van der Waals surface area contributed by atoms with Gasteiger partial charge in [-0.05, 0) is 28.5 Å². The van der Waals surface area contributed by atoms with Crippen molar-refractivity contribution in [3.8, 4) is 0 Å². The normalized spacial score (nSPS) is 29.8. The predicted molar refractivity (Wildman–Crippen MR) is 131 cm³/mol. The molecule has 2 aliphatic rings. The fraction of sp³-hybridized carbons (Fsp3) is 0.481. The molecule has 0 spiro atoms. The quantitative estimate of drug-likeness (QED) is 0.499. The number of benzene rings is 2. The highest BCUT2D eigenvalue weighted by Gasteiger charge is 2.43. The van der Waals surface area contributed by atoms with E-state index < -0.39 is 6.10 Å². The Morgan fingerprint density at radius 2 is 1.55 bits per heavy atom. The van der Waals surface area contributed by atoms with E-state index in [9.17, 15) is 5.11 Å². The lowest BCUT2D eigenvalue weighted by Crippen LogP contribution is -2.51. The first-order valence-corrected chi connectivity index (χ1v) is 12.5. The maximum atomic E-state index is 10.6. The zero-order valence-corrected chi connectivity index (χ0v) is 20.4. The van der Waals surface area contributed by atoms with Gasteiger partial charge in [0.05, 0.1) is 50.3 Å². The molecule has 2 heterocycles. The largest absolute Gasteiger partial charge is 0.390 e. The first kappa shape index (κ1) is 24.6. The number of aliphatic hydroxyl groups excluding tert-OH is 1. The van der Waals surface area contributed by atoms with E-state index in [-0.39, 0.29) is 30.5 Å². The van der Waals surface area contributed by atoms with Crippen molar-refractivity contribution in [3.63, 3.8) is 0 Å². The van der Waals surface area contributed by atoms with Crippen molar-refractivity contribution >= 4 is 15.9 Å². The molecular weight excluding hydrogens is 484 g/mol. The summed E-state index contributed by atoms with van der Waals surface area (Å²) in [5.74, 6) is 0. The minimum atomic E-state index is -0.537. The lowest BCUT2D eigenvalue weighted by Gasteiger charge is -2.41. The lowest BCUT2D eigenvalue weighted by atomic mass is 9.95. The summed E-state index contributed by atoms with van der Waals surface area (Å²) in [7, 11) is 0. The fourth-order valence-corrected chi connectivity index (χ4v) is 4.85. The maximum absolute atomic E-state index is 10.6. The minimum absolute atomic E-state index is 0.0878. The van der Waals surface area contributed by atoms with E-state index in [1.54, 1.807) is 0 Å². The summed E-state index contributed by atoms with van der Waals surface area (Å²) < 4.78 is 26.0. The molecule has 2 aromatic rings. The molecule has 2 fully saturated rings. The Hall–Kier alpha value is -1.54. The molecule has 0 unspecified atom stereocenters. The number of ether oxygens (including phenoxy) is 4. The van der Waals surface area contributed by atoms with Crippen molar-refractivity contribution in [1.29, 1.82) is 0 Å².